The van der Waals surface area contributed by atoms with Crippen molar-refractivity contribution in [3.63, 3.8) is 0 Å². The summed E-state index contributed by atoms with van der Waals surface area (Å²) in [6.07, 6.45) is 5.55. The number of fused-ring (bicyclic) bond motifs is 1. The topological polar surface area (TPSA) is 67.1 Å². The van der Waals surface area contributed by atoms with Crippen molar-refractivity contribution < 1.29 is 0 Å². The predicted octanol–water partition coefficient (Wildman–Crippen LogP) is 1.84. The van der Waals surface area contributed by atoms with Gasteiger partial charge in [-0.05, 0) is 0 Å². The first-order valence-electron chi connectivity index (χ1n) is 5.49. The number of hydrogen-bond donors (Lipinski definition) is 2. The molecule has 0 unspecified atom stereocenters. The highest BCUT2D eigenvalue weighted by molar-refractivity contribution is 7.07. The molecule has 0 bridgehead atoms. The minimum atomic E-state index is 0.645. The molecule has 3 heterocycles. The van der Waals surface area contributed by atoms with Gasteiger partial charge >= 0.3 is 0 Å². The minimum Gasteiger partial charge on any atom is -0.372 e. The highest BCUT2D eigenvalue weighted by Gasteiger charge is 2.06. The van der Waals surface area contributed by atoms with Crippen molar-refractivity contribution in [3.8, 4) is 0 Å². The molecule has 0 aliphatic rings. The fourth-order valence-corrected chi connectivity index (χ4v) is 2.23. The molecule has 0 radical (unpaired) electrons. The van der Waals surface area contributed by atoms with E-state index in [1.807, 2.05) is 34.7 Å². The Morgan fingerprint density at radius 3 is 3.11 bits per heavy atom. The maximum Gasteiger partial charge on any atom is 0.180 e. The smallest absolute Gasteiger partial charge is 0.180 e. The summed E-state index contributed by atoms with van der Waals surface area (Å²) in [5.41, 5.74) is 3.63. The van der Waals surface area contributed by atoms with Crippen LogP contribution in [0.4, 0.5) is 11.6 Å². The molecule has 0 aliphatic heterocycles. The van der Waals surface area contributed by atoms with E-state index in [1.54, 1.807) is 17.5 Å². The van der Waals surface area contributed by atoms with Gasteiger partial charge in [-0.25, -0.2) is 15.0 Å². The molecule has 2 N–H and O–H groups in total. The third kappa shape index (κ3) is 2.00. The van der Waals surface area contributed by atoms with E-state index in [0.717, 1.165) is 23.0 Å². The van der Waals surface area contributed by atoms with E-state index in [2.05, 4.69) is 25.6 Å². The number of nitrogens with zero attached hydrogens (tertiary/aromatic N) is 4. The maximum atomic E-state index is 4.46. The van der Waals surface area contributed by atoms with Gasteiger partial charge in [0.1, 0.15) is 5.82 Å². The quantitative estimate of drug-likeness (QED) is 0.749. The number of nitrogens with one attached hydrogen (secondary N) is 2. The summed E-state index contributed by atoms with van der Waals surface area (Å²) in [6, 6.07) is 0. The molecule has 0 aromatic carbocycles. The van der Waals surface area contributed by atoms with Crippen LogP contribution in [0.15, 0.2) is 29.5 Å². The molecule has 7 heteroatoms. The zero-order valence-electron chi connectivity index (χ0n) is 9.79. The molecule has 0 saturated heterocycles. The minimum absolute atomic E-state index is 0.645. The van der Waals surface area contributed by atoms with Crippen molar-refractivity contribution in [1.29, 1.82) is 0 Å². The van der Waals surface area contributed by atoms with E-state index in [4.69, 9.17) is 0 Å². The lowest BCUT2D eigenvalue weighted by Crippen LogP contribution is -2.06. The Morgan fingerprint density at radius 1 is 1.39 bits per heavy atom. The van der Waals surface area contributed by atoms with Gasteiger partial charge in [0.15, 0.2) is 11.5 Å². The van der Waals surface area contributed by atoms with Crippen LogP contribution in [0.5, 0.6) is 0 Å². The highest BCUT2D eigenvalue weighted by atomic mass is 32.1. The van der Waals surface area contributed by atoms with Crippen LogP contribution in [0.25, 0.3) is 5.65 Å². The summed E-state index contributed by atoms with van der Waals surface area (Å²) >= 11 is 1.58. The monoisotopic (exact) mass is 260 g/mol. The van der Waals surface area contributed by atoms with Gasteiger partial charge in [0.2, 0.25) is 0 Å². The molecule has 0 atom stereocenters. The third-order valence-corrected chi connectivity index (χ3v) is 3.19. The molecule has 3 aromatic heterocycles. The molecule has 0 spiro atoms. The molecule has 0 aliphatic carbocycles. The van der Waals surface area contributed by atoms with Crippen molar-refractivity contribution in [2.75, 3.05) is 17.7 Å². The van der Waals surface area contributed by atoms with Gasteiger partial charge in [0.05, 0.1) is 23.9 Å². The summed E-state index contributed by atoms with van der Waals surface area (Å²) in [6.45, 7) is 0.645. The van der Waals surface area contributed by atoms with Crippen LogP contribution in [0, 0.1) is 0 Å². The van der Waals surface area contributed by atoms with Gasteiger partial charge in [-0.3, -0.25) is 0 Å². The SMILES string of the molecule is CNc1cn2ccnc2c(NCc2cscn2)n1. The Kier molecular flexibility index (Phi) is 2.81. The van der Waals surface area contributed by atoms with Crippen molar-refractivity contribution in [3.05, 3.63) is 35.2 Å². The van der Waals surface area contributed by atoms with Gasteiger partial charge < -0.3 is 15.0 Å². The first kappa shape index (κ1) is 11.0. The fraction of sp³-hybridized carbons (Fsp3) is 0.182. The van der Waals surface area contributed by atoms with E-state index in [9.17, 15) is 0 Å². The van der Waals surface area contributed by atoms with Crippen LogP contribution in [0.1, 0.15) is 5.69 Å². The van der Waals surface area contributed by atoms with Crippen LogP contribution in [0.3, 0.4) is 0 Å². The van der Waals surface area contributed by atoms with Gasteiger partial charge in [-0.1, -0.05) is 0 Å². The number of imidazole rings is 1. The second kappa shape index (κ2) is 4.61. The van der Waals surface area contributed by atoms with Crippen molar-refractivity contribution in [1.82, 2.24) is 19.4 Å². The second-order valence-electron chi connectivity index (χ2n) is 3.72. The lowest BCUT2D eigenvalue weighted by atomic mass is 10.4. The summed E-state index contributed by atoms with van der Waals surface area (Å²) in [5, 5.41) is 8.30. The third-order valence-electron chi connectivity index (χ3n) is 2.55. The second-order valence-corrected chi connectivity index (χ2v) is 4.43. The molecule has 18 heavy (non-hydrogen) atoms. The largest absolute Gasteiger partial charge is 0.372 e. The summed E-state index contributed by atoms with van der Waals surface area (Å²) in [5.74, 6) is 1.54. The number of anilines is 2. The Hall–Kier alpha value is -2.15. The fourth-order valence-electron chi connectivity index (χ4n) is 1.67. The summed E-state index contributed by atoms with van der Waals surface area (Å²) in [4.78, 5) is 13.0. The maximum absolute atomic E-state index is 4.46. The molecule has 0 fully saturated rings. The molecule has 92 valence electrons. The Balaban J connectivity index is 1.92. The van der Waals surface area contributed by atoms with Crippen LogP contribution in [-0.4, -0.2) is 26.4 Å². The van der Waals surface area contributed by atoms with Gasteiger partial charge in [-0.2, -0.15) is 0 Å². The zero-order valence-corrected chi connectivity index (χ0v) is 10.6. The van der Waals surface area contributed by atoms with Gasteiger partial charge in [-0.15, -0.1) is 11.3 Å². The average molecular weight is 260 g/mol. The lowest BCUT2D eigenvalue weighted by Gasteiger charge is -2.08. The molecule has 0 saturated carbocycles. The summed E-state index contributed by atoms with van der Waals surface area (Å²) < 4.78 is 1.93. The van der Waals surface area contributed by atoms with E-state index < -0.39 is 0 Å². The Morgan fingerprint density at radius 2 is 2.33 bits per heavy atom. The van der Waals surface area contributed by atoms with Crippen molar-refractivity contribution in [2.24, 2.45) is 0 Å². The first-order valence-corrected chi connectivity index (χ1v) is 6.43. The molecule has 0 amide bonds. The molecular weight excluding hydrogens is 248 g/mol. The first-order chi connectivity index (χ1) is 8.86. The van der Waals surface area contributed by atoms with Crippen LogP contribution >= 0.6 is 11.3 Å². The van der Waals surface area contributed by atoms with Crippen LogP contribution < -0.4 is 10.6 Å². The van der Waals surface area contributed by atoms with E-state index in [1.165, 1.54) is 0 Å². The Bertz CT molecular complexity index is 645. The van der Waals surface area contributed by atoms with Crippen molar-refractivity contribution >= 4 is 28.6 Å². The zero-order chi connectivity index (χ0) is 12.4. The average Bonchev–Trinajstić information content (AvgIpc) is 3.06. The predicted molar refractivity (Wildman–Crippen MR) is 72.0 cm³/mol. The number of thiazole rings is 1. The van der Waals surface area contributed by atoms with Gasteiger partial charge in [0, 0.05) is 24.8 Å². The number of hydrogen-bond acceptors (Lipinski definition) is 6. The normalized spacial score (nSPS) is 10.7. The summed E-state index contributed by atoms with van der Waals surface area (Å²) in [7, 11) is 1.84. The van der Waals surface area contributed by atoms with Crippen LogP contribution in [-0.2, 0) is 6.54 Å². The molecular formula is C11H12N6S. The van der Waals surface area contributed by atoms with E-state index >= 15 is 0 Å². The number of aromatic nitrogens is 4. The molecule has 6 nitrogen and oxygen atoms in total. The standard InChI is InChI=1S/C11H12N6S/c1-12-9-5-17-3-2-13-11(17)10(16-9)14-4-8-6-18-7-15-8/h2-3,5-7,12H,4H2,1H3,(H,14,16). The molecule has 3 aromatic rings. The van der Waals surface area contributed by atoms with Crippen LogP contribution in [0.2, 0.25) is 0 Å². The van der Waals surface area contributed by atoms with E-state index in [-0.39, 0.29) is 0 Å². The lowest BCUT2D eigenvalue weighted by molar-refractivity contribution is 1.03. The Labute approximate surface area is 108 Å². The van der Waals surface area contributed by atoms with Gasteiger partial charge in [0.25, 0.3) is 0 Å². The molecule has 3 rings (SSSR count). The van der Waals surface area contributed by atoms with E-state index in [0.29, 0.717) is 6.54 Å². The highest BCUT2D eigenvalue weighted by Crippen LogP contribution is 2.16. The number of rotatable bonds is 4. The van der Waals surface area contributed by atoms with Crippen molar-refractivity contribution in [2.45, 2.75) is 6.54 Å².